The summed E-state index contributed by atoms with van der Waals surface area (Å²) in [5.74, 6) is -0.119. The van der Waals surface area contributed by atoms with Gasteiger partial charge >= 0.3 is 6.61 Å². The third-order valence-electron chi connectivity index (χ3n) is 3.07. The first-order valence-electron chi connectivity index (χ1n) is 7.53. The van der Waals surface area contributed by atoms with Crippen molar-refractivity contribution in [2.24, 2.45) is 0 Å². The molecule has 0 aliphatic heterocycles. The SMILES string of the molecule is CC(C)Sc1ccccc1C(=O)NCc1cccc(OC(F)F)c1. The molecule has 0 heterocycles. The van der Waals surface area contributed by atoms with E-state index in [0.29, 0.717) is 16.4 Å². The minimum absolute atomic E-state index is 0.0764. The first kappa shape index (κ1) is 18.3. The summed E-state index contributed by atoms with van der Waals surface area (Å²) in [6.07, 6.45) is 0. The fraction of sp³-hybridized carbons (Fsp3) is 0.278. The fourth-order valence-corrected chi connectivity index (χ4v) is 3.07. The van der Waals surface area contributed by atoms with Gasteiger partial charge in [-0.05, 0) is 29.8 Å². The Morgan fingerprint density at radius 2 is 1.92 bits per heavy atom. The lowest BCUT2D eigenvalue weighted by molar-refractivity contribution is -0.0498. The molecule has 1 amide bonds. The van der Waals surface area contributed by atoms with Crippen LogP contribution in [0.15, 0.2) is 53.4 Å². The number of amides is 1. The number of carbonyl (C=O) groups excluding carboxylic acids is 1. The average Bonchev–Trinajstić information content (AvgIpc) is 2.52. The normalized spacial score (nSPS) is 10.9. The molecule has 24 heavy (non-hydrogen) atoms. The van der Waals surface area contributed by atoms with Crippen LogP contribution in [-0.2, 0) is 6.54 Å². The Labute approximate surface area is 144 Å². The summed E-state index contributed by atoms with van der Waals surface area (Å²) in [7, 11) is 0. The van der Waals surface area contributed by atoms with Gasteiger partial charge in [-0.25, -0.2) is 0 Å². The van der Waals surface area contributed by atoms with Crippen LogP contribution >= 0.6 is 11.8 Å². The van der Waals surface area contributed by atoms with Crippen molar-refractivity contribution in [1.82, 2.24) is 5.32 Å². The molecule has 0 saturated heterocycles. The minimum Gasteiger partial charge on any atom is -0.435 e. The molecule has 2 aromatic rings. The lowest BCUT2D eigenvalue weighted by atomic mass is 10.2. The standard InChI is InChI=1S/C18H19F2NO2S/c1-12(2)24-16-9-4-3-8-15(16)17(22)21-11-13-6-5-7-14(10-13)23-18(19)20/h3-10,12,18H,11H2,1-2H3,(H,21,22). The van der Waals surface area contributed by atoms with Crippen LogP contribution in [0.2, 0.25) is 0 Å². The van der Waals surface area contributed by atoms with Crippen LogP contribution in [0.4, 0.5) is 8.78 Å². The van der Waals surface area contributed by atoms with Crippen molar-refractivity contribution in [2.75, 3.05) is 0 Å². The van der Waals surface area contributed by atoms with Crippen molar-refractivity contribution >= 4 is 17.7 Å². The molecule has 0 aliphatic rings. The lowest BCUT2D eigenvalue weighted by Crippen LogP contribution is -2.23. The van der Waals surface area contributed by atoms with Gasteiger partial charge in [0, 0.05) is 16.7 Å². The van der Waals surface area contributed by atoms with Crippen molar-refractivity contribution < 1.29 is 18.3 Å². The van der Waals surface area contributed by atoms with E-state index in [-0.39, 0.29) is 18.2 Å². The van der Waals surface area contributed by atoms with Gasteiger partial charge in [0.15, 0.2) is 0 Å². The summed E-state index contributed by atoms with van der Waals surface area (Å²) in [6.45, 7) is 1.50. The second-order valence-corrected chi connectivity index (χ2v) is 6.99. The van der Waals surface area contributed by atoms with E-state index < -0.39 is 6.61 Å². The van der Waals surface area contributed by atoms with Gasteiger partial charge in [-0.1, -0.05) is 38.1 Å². The number of ether oxygens (including phenoxy) is 1. The third-order valence-corrected chi connectivity index (χ3v) is 4.15. The Bertz CT molecular complexity index is 692. The van der Waals surface area contributed by atoms with Crippen LogP contribution in [-0.4, -0.2) is 17.8 Å². The summed E-state index contributed by atoms with van der Waals surface area (Å²) in [5.41, 5.74) is 1.30. The van der Waals surface area contributed by atoms with Crippen molar-refractivity contribution in [3.8, 4) is 5.75 Å². The van der Waals surface area contributed by atoms with E-state index >= 15 is 0 Å². The van der Waals surface area contributed by atoms with Crippen molar-refractivity contribution in [3.63, 3.8) is 0 Å². The van der Waals surface area contributed by atoms with Gasteiger partial charge in [-0.3, -0.25) is 4.79 Å². The van der Waals surface area contributed by atoms with E-state index in [1.54, 1.807) is 30.0 Å². The topological polar surface area (TPSA) is 38.3 Å². The Hall–Kier alpha value is -2.08. The molecule has 2 rings (SSSR count). The average molecular weight is 351 g/mol. The summed E-state index contributed by atoms with van der Waals surface area (Å²) in [5, 5.41) is 3.18. The highest BCUT2D eigenvalue weighted by Crippen LogP contribution is 2.26. The highest BCUT2D eigenvalue weighted by atomic mass is 32.2. The van der Waals surface area contributed by atoms with Crippen LogP contribution in [0.25, 0.3) is 0 Å². The van der Waals surface area contributed by atoms with Gasteiger partial charge in [0.25, 0.3) is 5.91 Å². The number of carbonyl (C=O) groups is 1. The second kappa shape index (κ2) is 8.68. The molecule has 3 nitrogen and oxygen atoms in total. The van der Waals surface area contributed by atoms with Crippen molar-refractivity contribution in [2.45, 2.75) is 37.1 Å². The van der Waals surface area contributed by atoms with E-state index in [2.05, 4.69) is 23.9 Å². The number of hydrogen-bond acceptors (Lipinski definition) is 3. The molecule has 6 heteroatoms. The van der Waals surface area contributed by atoms with Crippen molar-refractivity contribution in [3.05, 3.63) is 59.7 Å². The zero-order valence-corrected chi connectivity index (χ0v) is 14.3. The van der Waals surface area contributed by atoms with E-state index in [1.165, 1.54) is 12.1 Å². The third kappa shape index (κ3) is 5.53. The molecule has 0 saturated carbocycles. The van der Waals surface area contributed by atoms with E-state index in [9.17, 15) is 13.6 Å². The largest absolute Gasteiger partial charge is 0.435 e. The molecular formula is C18H19F2NO2S. The van der Waals surface area contributed by atoms with Crippen LogP contribution in [0.1, 0.15) is 29.8 Å². The maximum absolute atomic E-state index is 12.4. The molecule has 2 aromatic carbocycles. The van der Waals surface area contributed by atoms with E-state index in [0.717, 1.165) is 4.90 Å². The number of thioether (sulfide) groups is 1. The summed E-state index contributed by atoms with van der Waals surface area (Å²) in [4.78, 5) is 13.3. The number of hydrogen-bond donors (Lipinski definition) is 1. The van der Waals surface area contributed by atoms with Crippen LogP contribution < -0.4 is 10.1 Å². The highest BCUT2D eigenvalue weighted by Gasteiger charge is 2.12. The van der Waals surface area contributed by atoms with Gasteiger partial charge < -0.3 is 10.1 Å². The molecule has 0 aliphatic carbocycles. The minimum atomic E-state index is -2.87. The Morgan fingerprint density at radius 3 is 2.62 bits per heavy atom. The van der Waals surface area contributed by atoms with Crippen molar-refractivity contribution in [1.29, 1.82) is 0 Å². The molecule has 0 bridgehead atoms. The van der Waals surface area contributed by atoms with Gasteiger partial charge in [0.05, 0.1) is 5.56 Å². The molecule has 0 atom stereocenters. The van der Waals surface area contributed by atoms with Gasteiger partial charge in [0.2, 0.25) is 0 Å². The molecule has 128 valence electrons. The Balaban J connectivity index is 2.03. The smallest absolute Gasteiger partial charge is 0.387 e. The molecule has 0 aromatic heterocycles. The van der Waals surface area contributed by atoms with Gasteiger partial charge in [-0.15, -0.1) is 11.8 Å². The van der Waals surface area contributed by atoms with Crippen LogP contribution in [0, 0.1) is 0 Å². The van der Waals surface area contributed by atoms with Crippen LogP contribution in [0.5, 0.6) is 5.75 Å². The quantitative estimate of drug-likeness (QED) is 0.734. The predicted molar refractivity (Wildman–Crippen MR) is 91.7 cm³/mol. The number of halogens is 2. The van der Waals surface area contributed by atoms with Gasteiger partial charge in [0.1, 0.15) is 5.75 Å². The second-order valence-electron chi connectivity index (χ2n) is 5.37. The predicted octanol–water partition coefficient (Wildman–Crippen LogP) is 4.72. The first-order valence-corrected chi connectivity index (χ1v) is 8.41. The number of nitrogens with one attached hydrogen (secondary N) is 1. The maximum atomic E-state index is 12.4. The molecule has 0 spiro atoms. The number of benzene rings is 2. The fourth-order valence-electron chi connectivity index (χ4n) is 2.12. The lowest BCUT2D eigenvalue weighted by Gasteiger charge is -2.12. The summed E-state index contributed by atoms with van der Waals surface area (Å²) < 4.78 is 28.8. The zero-order chi connectivity index (χ0) is 17.5. The molecular weight excluding hydrogens is 332 g/mol. The Kier molecular flexibility index (Phi) is 6.61. The maximum Gasteiger partial charge on any atom is 0.387 e. The number of rotatable bonds is 7. The molecule has 1 N–H and O–H groups in total. The summed E-state index contributed by atoms with van der Waals surface area (Å²) in [6, 6.07) is 13.7. The summed E-state index contributed by atoms with van der Waals surface area (Å²) >= 11 is 1.62. The van der Waals surface area contributed by atoms with Gasteiger partial charge in [-0.2, -0.15) is 8.78 Å². The van der Waals surface area contributed by atoms with E-state index in [4.69, 9.17) is 0 Å². The molecule has 0 radical (unpaired) electrons. The van der Waals surface area contributed by atoms with Crippen LogP contribution in [0.3, 0.4) is 0 Å². The monoisotopic (exact) mass is 351 g/mol. The van der Waals surface area contributed by atoms with E-state index in [1.807, 2.05) is 18.2 Å². The first-order chi connectivity index (χ1) is 11.5. The zero-order valence-electron chi connectivity index (χ0n) is 13.5. The Morgan fingerprint density at radius 1 is 1.17 bits per heavy atom. The molecule has 0 fully saturated rings. The highest BCUT2D eigenvalue weighted by molar-refractivity contribution is 8.00. The molecule has 0 unspecified atom stereocenters. The number of alkyl halides is 2.